The molecule has 3 nitrogen and oxygen atoms in total. The average molecular weight is 251 g/mol. The highest BCUT2D eigenvalue weighted by Gasteiger charge is 2.45. The summed E-state index contributed by atoms with van der Waals surface area (Å²) in [5, 5.41) is 13.7. The maximum Gasteiger partial charge on any atom is 0.103 e. The van der Waals surface area contributed by atoms with E-state index in [0.29, 0.717) is 16.9 Å². The topological polar surface area (TPSA) is 48.7 Å². The number of fused-ring (bicyclic) bond motifs is 1. The largest absolute Gasteiger partial charge is 0.383 e. The number of para-hydroxylation sites is 1. The van der Waals surface area contributed by atoms with Crippen LogP contribution in [0.15, 0.2) is 30.5 Å². The minimum Gasteiger partial charge on any atom is -0.383 e. The Bertz CT molecular complexity index is 667. The first kappa shape index (κ1) is 12.0. The molecule has 0 amide bonds. The van der Waals surface area contributed by atoms with Crippen molar-refractivity contribution in [2.45, 2.75) is 20.3 Å². The summed E-state index contributed by atoms with van der Waals surface area (Å²) in [7, 11) is 0. The molecule has 3 rings (SSSR count). The van der Waals surface area contributed by atoms with Crippen LogP contribution in [0.25, 0.3) is 10.9 Å². The van der Waals surface area contributed by atoms with E-state index in [0.717, 1.165) is 23.1 Å². The Labute approximate surface area is 113 Å². The summed E-state index contributed by atoms with van der Waals surface area (Å²) in [5.74, 6) is 0.700. The summed E-state index contributed by atoms with van der Waals surface area (Å²) in [6.07, 6.45) is 2.91. The molecule has 1 aromatic heterocycles. The second-order valence-corrected chi connectivity index (χ2v) is 5.95. The number of pyridine rings is 1. The Kier molecular flexibility index (Phi) is 2.67. The van der Waals surface area contributed by atoms with E-state index in [1.807, 2.05) is 24.3 Å². The van der Waals surface area contributed by atoms with Gasteiger partial charge in [-0.1, -0.05) is 32.0 Å². The zero-order valence-electron chi connectivity index (χ0n) is 11.3. The summed E-state index contributed by atoms with van der Waals surface area (Å²) >= 11 is 0. The lowest BCUT2D eigenvalue weighted by Crippen LogP contribution is -2.09. The molecule has 0 saturated heterocycles. The summed E-state index contributed by atoms with van der Waals surface area (Å²) in [4.78, 5) is 4.32. The van der Waals surface area contributed by atoms with E-state index in [1.165, 1.54) is 6.42 Å². The quantitative estimate of drug-likeness (QED) is 0.907. The lowest BCUT2D eigenvalue weighted by atomic mass is 10.1. The van der Waals surface area contributed by atoms with E-state index in [1.54, 1.807) is 6.20 Å². The number of hydrogen-bond donors (Lipinski definition) is 1. The fourth-order valence-corrected chi connectivity index (χ4v) is 2.57. The zero-order valence-corrected chi connectivity index (χ0v) is 11.3. The summed E-state index contributed by atoms with van der Waals surface area (Å²) in [6.45, 7) is 5.50. The molecule has 0 bridgehead atoms. The Hall–Kier alpha value is -2.08. The van der Waals surface area contributed by atoms with Crippen molar-refractivity contribution in [3.05, 3.63) is 36.0 Å². The first-order valence-electron chi connectivity index (χ1n) is 6.63. The second-order valence-electron chi connectivity index (χ2n) is 5.95. The molecule has 1 heterocycles. The van der Waals surface area contributed by atoms with Gasteiger partial charge in [-0.05, 0) is 23.8 Å². The van der Waals surface area contributed by atoms with Crippen molar-refractivity contribution < 1.29 is 0 Å². The Morgan fingerprint density at radius 1 is 1.42 bits per heavy atom. The van der Waals surface area contributed by atoms with Crippen LogP contribution < -0.4 is 5.32 Å². The van der Waals surface area contributed by atoms with Crippen molar-refractivity contribution in [3.63, 3.8) is 0 Å². The molecule has 2 aromatic rings. The third kappa shape index (κ3) is 2.15. The van der Waals surface area contributed by atoms with E-state index in [4.69, 9.17) is 0 Å². The van der Waals surface area contributed by atoms with Gasteiger partial charge in [-0.2, -0.15) is 5.26 Å². The fraction of sp³-hybridized carbons (Fsp3) is 0.375. The third-order valence-electron chi connectivity index (χ3n) is 4.14. The lowest BCUT2D eigenvalue weighted by Gasteiger charge is -2.12. The second kappa shape index (κ2) is 4.24. The predicted octanol–water partition coefficient (Wildman–Crippen LogP) is 3.56. The van der Waals surface area contributed by atoms with Crippen LogP contribution >= 0.6 is 0 Å². The van der Waals surface area contributed by atoms with E-state index >= 15 is 0 Å². The van der Waals surface area contributed by atoms with Gasteiger partial charge in [0.2, 0.25) is 0 Å². The zero-order chi connectivity index (χ0) is 13.5. The molecule has 1 unspecified atom stereocenters. The molecule has 1 aromatic carbocycles. The molecule has 19 heavy (non-hydrogen) atoms. The molecule has 1 fully saturated rings. The molecule has 1 aliphatic carbocycles. The van der Waals surface area contributed by atoms with Gasteiger partial charge in [-0.3, -0.25) is 4.98 Å². The molecule has 3 heteroatoms. The van der Waals surface area contributed by atoms with Crippen LogP contribution in [0.4, 0.5) is 5.69 Å². The summed E-state index contributed by atoms with van der Waals surface area (Å²) in [5.41, 5.74) is 2.93. The Morgan fingerprint density at radius 2 is 2.16 bits per heavy atom. The van der Waals surface area contributed by atoms with Crippen LogP contribution in [-0.2, 0) is 0 Å². The van der Waals surface area contributed by atoms with Gasteiger partial charge in [-0.15, -0.1) is 0 Å². The number of anilines is 1. The van der Waals surface area contributed by atoms with Gasteiger partial charge >= 0.3 is 0 Å². The average Bonchev–Trinajstić information content (AvgIpc) is 3.03. The van der Waals surface area contributed by atoms with Crippen LogP contribution in [0.2, 0.25) is 0 Å². The summed E-state index contributed by atoms with van der Waals surface area (Å²) < 4.78 is 0. The summed E-state index contributed by atoms with van der Waals surface area (Å²) in [6, 6.07) is 10.2. The first-order valence-corrected chi connectivity index (χ1v) is 6.63. The van der Waals surface area contributed by atoms with Crippen molar-refractivity contribution in [3.8, 4) is 6.07 Å². The fourth-order valence-electron chi connectivity index (χ4n) is 2.57. The monoisotopic (exact) mass is 251 g/mol. The van der Waals surface area contributed by atoms with Gasteiger partial charge in [0.15, 0.2) is 0 Å². The van der Waals surface area contributed by atoms with Crippen LogP contribution in [0.3, 0.4) is 0 Å². The van der Waals surface area contributed by atoms with Crippen molar-refractivity contribution in [1.29, 1.82) is 5.26 Å². The molecule has 1 aliphatic rings. The van der Waals surface area contributed by atoms with E-state index < -0.39 is 0 Å². The van der Waals surface area contributed by atoms with Crippen molar-refractivity contribution >= 4 is 16.6 Å². The molecule has 0 aliphatic heterocycles. The van der Waals surface area contributed by atoms with Crippen molar-refractivity contribution in [1.82, 2.24) is 4.98 Å². The van der Waals surface area contributed by atoms with Crippen LogP contribution in [0, 0.1) is 22.7 Å². The van der Waals surface area contributed by atoms with Crippen LogP contribution in [0.5, 0.6) is 0 Å². The van der Waals surface area contributed by atoms with Gasteiger partial charge in [0.1, 0.15) is 6.07 Å². The predicted molar refractivity (Wildman–Crippen MR) is 76.8 cm³/mol. The van der Waals surface area contributed by atoms with E-state index in [2.05, 4.69) is 30.2 Å². The number of benzene rings is 1. The number of nitrogens with zero attached hydrogens (tertiary/aromatic N) is 2. The molecule has 0 spiro atoms. The Balaban J connectivity index is 1.94. The minimum atomic E-state index is 0.447. The normalized spacial score (nSPS) is 19.9. The van der Waals surface area contributed by atoms with Crippen LogP contribution in [0.1, 0.15) is 25.8 Å². The number of rotatable bonds is 3. The van der Waals surface area contributed by atoms with Crippen molar-refractivity contribution in [2.24, 2.45) is 11.3 Å². The molecule has 96 valence electrons. The minimum absolute atomic E-state index is 0.447. The molecule has 1 atom stereocenters. The Morgan fingerprint density at radius 3 is 2.84 bits per heavy atom. The number of nitriles is 1. The highest BCUT2D eigenvalue weighted by atomic mass is 14.9. The maximum atomic E-state index is 9.23. The van der Waals surface area contributed by atoms with Crippen molar-refractivity contribution in [2.75, 3.05) is 11.9 Å². The third-order valence-corrected chi connectivity index (χ3v) is 4.14. The molecular formula is C16H17N3. The number of nitrogens with one attached hydrogen (secondary N) is 1. The molecule has 0 radical (unpaired) electrons. The van der Waals surface area contributed by atoms with Crippen LogP contribution in [-0.4, -0.2) is 11.5 Å². The van der Waals surface area contributed by atoms with E-state index in [-0.39, 0.29) is 0 Å². The van der Waals surface area contributed by atoms with Gasteiger partial charge in [0.05, 0.1) is 16.8 Å². The maximum absolute atomic E-state index is 9.23. The first-order chi connectivity index (χ1) is 9.12. The van der Waals surface area contributed by atoms with E-state index in [9.17, 15) is 5.26 Å². The lowest BCUT2D eigenvalue weighted by molar-refractivity contribution is 0.573. The number of hydrogen-bond acceptors (Lipinski definition) is 3. The van der Waals surface area contributed by atoms with Gasteiger partial charge in [0.25, 0.3) is 0 Å². The molecular weight excluding hydrogens is 234 g/mol. The standard InChI is InChI=1S/C16H17N3/c1-16(2)7-12(16)10-19-15-11(8-17)9-18-14-6-4-3-5-13(14)15/h3-6,9,12H,7,10H2,1-2H3,(H,18,19). The number of aromatic nitrogens is 1. The van der Waals surface area contributed by atoms with Gasteiger partial charge < -0.3 is 5.32 Å². The molecule has 1 N–H and O–H groups in total. The smallest absolute Gasteiger partial charge is 0.103 e. The molecule has 1 saturated carbocycles. The highest BCUT2D eigenvalue weighted by molar-refractivity contribution is 5.93. The van der Waals surface area contributed by atoms with Gasteiger partial charge in [0, 0.05) is 18.1 Å². The SMILES string of the molecule is CC1(C)CC1CNc1c(C#N)cnc2ccccc12. The van der Waals surface area contributed by atoms with Gasteiger partial charge in [-0.25, -0.2) is 0 Å². The highest BCUT2D eigenvalue weighted by Crippen LogP contribution is 2.51.